The predicted octanol–water partition coefficient (Wildman–Crippen LogP) is 3.74. The summed E-state index contributed by atoms with van der Waals surface area (Å²) in [4.78, 5) is 22.5. The number of hydrogen-bond donors (Lipinski definition) is 1. The van der Waals surface area contributed by atoms with Crippen molar-refractivity contribution in [1.29, 1.82) is 0 Å². The van der Waals surface area contributed by atoms with Crippen LogP contribution >= 0.6 is 15.9 Å². The molecule has 1 aromatic carbocycles. The molecule has 4 nitrogen and oxygen atoms in total. The van der Waals surface area contributed by atoms with Crippen molar-refractivity contribution < 1.29 is 18.7 Å². The number of hydrogen-bond acceptors (Lipinski definition) is 3. The van der Waals surface area contributed by atoms with Gasteiger partial charge in [0.2, 0.25) is 0 Å². The lowest BCUT2D eigenvalue weighted by Gasteiger charge is -2.23. The normalized spacial score (nSPS) is 12.7. The molecule has 1 rings (SSSR count). The van der Waals surface area contributed by atoms with Gasteiger partial charge in [-0.2, -0.15) is 0 Å². The molecule has 0 radical (unpaired) electrons. The van der Waals surface area contributed by atoms with Crippen molar-refractivity contribution in [3.63, 3.8) is 0 Å². The first kappa shape index (κ1) is 16.6. The van der Waals surface area contributed by atoms with Crippen LogP contribution in [-0.2, 0) is 9.53 Å². The van der Waals surface area contributed by atoms with E-state index in [1.54, 1.807) is 26.8 Å². The van der Waals surface area contributed by atoms with Gasteiger partial charge in [0.05, 0.1) is 6.04 Å². The van der Waals surface area contributed by atoms with Crippen LogP contribution < -0.4 is 5.32 Å². The van der Waals surface area contributed by atoms with Gasteiger partial charge in [0.25, 0.3) is 0 Å². The summed E-state index contributed by atoms with van der Waals surface area (Å²) in [5.74, 6) is -0.448. The molecular formula is C14H17BrFNO3. The van der Waals surface area contributed by atoms with E-state index in [2.05, 4.69) is 21.2 Å². The summed E-state index contributed by atoms with van der Waals surface area (Å²) in [5.41, 5.74) is -0.145. The average molecular weight is 346 g/mol. The van der Waals surface area contributed by atoms with Gasteiger partial charge in [-0.05, 0) is 44.5 Å². The molecule has 0 aliphatic carbocycles. The summed E-state index contributed by atoms with van der Waals surface area (Å²) >= 11 is 3.18. The van der Waals surface area contributed by atoms with E-state index in [1.807, 2.05) is 0 Å². The Hall–Kier alpha value is -1.43. The van der Waals surface area contributed by atoms with Crippen LogP contribution in [0.25, 0.3) is 0 Å². The van der Waals surface area contributed by atoms with Gasteiger partial charge in [-0.25, -0.2) is 9.18 Å². The molecule has 20 heavy (non-hydrogen) atoms. The Labute approximate surface area is 125 Å². The van der Waals surface area contributed by atoms with Crippen molar-refractivity contribution in [2.24, 2.45) is 0 Å². The van der Waals surface area contributed by atoms with Crippen LogP contribution in [-0.4, -0.2) is 18.0 Å². The van der Waals surface area contributed by atoms with E-state index >= 15 is 0 Å². The number of amides is 1. The van der Waals surface area contributed by atoms with Crippen molar-refractivity contribution in [2.45, 2.75) is 38.8 Å². The SMILES string of the molecule is CC(C)(C)OC(=O)N[C@@H](CC=O)c1cc(F)cc(Br)c1. The van der Waals surface area contributed by atoms with Gasteiger partial charge in [0, 0.05) is 10.9 Å². The van der Waals surface area contributed by atoms with Crippen molar-refractivity contribution in [3.05, 3.63) is 34.1 Å². The molecule has 0 fully saturated rings. The first-order chi connectivity index (χ1) is 9.21. The van der Waals surface area contributed by atoms with Crippen LogP contribution in [0.15, 0.2) is 22.7 Å². The van der Waals surface area contributed by atoms with Gasteiger partial charge >= 0.3 is 6.09 Å². The summed E-state index contributed by atoms with van der Waals surface area (Å²) in [6.45, 7) is 5.21. The molecule has 0 bridgehead atoms. The highest BCUT2D eigenvalue weighted by Crippen LogP contribution is 2.22. The fourth-order valence-corrected chi connectivity index (χ4v) is 2.08. The number of benzene rings is 1. The fraction of sp³-hybridized carbons (Fsp3) is 0.429. The number of nitrogens with one attached hydrogen (secondary N) is 1. The Kier molecular flexibility index (Phi) is 5.68. The zero-order valence-electron chi connectivity index (χ0n) is 11.6. The lowest BCUT2D eigenvalue weighted by Crippen LogP contribution is -2.35. The van der Waals surface area contributed by atoms with Gasteiger partial charge in [-0.1, -0.05) is 15.9 Å². The molecule has 110 valence electrons. The molecule has 0 saturated heterocycles. The summed E-state index contributed by atoms with van der Waals surface area (Å²) in [6.07, 6.45) is 0.0560. The molecule has 0 aliphatic rings. The lowest BCUT2D eigenvalue weighted by molar-refractivity contribution is -0.108. The van der Waals surface area contributed by atoms with Crippen LogP contribution in [0.3, 0.4) is 0 Å². The van der Waals surface area contributed by atoms with E-state index < -0.39 is 23.6 Å². The predicted molar refractivity (Wildman–Crippen MR) is 76.9 cm³/mol. The molecule has 0 saturated carbocycles. The van der Waals surface area contributed by atoms with Crippen LogP contribution in [0.5, 0.6) is 0 Å². The number of carbonyl (C=O) groups is 2. The molecule has 1 aromatic rings. The van der Waals surface area contributed by atoms with Gasteiger partial charge in [-0.3, -0.25) is 0 Å². The first-order valence-corrected chi connectivity index (χ1v) is 6.89. The summed E-state index contributed by atoms with van der Waals surface area (Å²) < 4.78 is 19.0. The smallest absolute Gasteiger partial charge is 0.408 e. The molecule has 0 unspecified atom stereocenters. The fourth-order valence-electron chi connectivity index (χ4n) is 1.60. The second kappa shape index (κ2) is 6.83. The largest absolute Gasteiger partial charge is 0.444 e. The second-order valence-corrected chi connectivity index (χ2v) is 6.22. The molecular weight excluding hydrogens is 329 g/mol. The topological polar surface area (TPSA) is 55.4 Å². The quantitative estimate of drug-likeness (QED) is 0.845. The third kappa shape index (κ3) is 5.69. The Morgan fingerprint density at radius 3 is 2.60 bits per heavy atom. The van der Waals surface area contributed by atoms with E-state index in [0.717, 1.165) is 0 Å². The maximum Gasteiger partial charge on any atom is 0.408 e. The highest BCUT2D eigenvalue weighted by molar-refractivity contribution is 9.10. The monoisotopic (exact) mass is 345 g/mol. The first-order valence-electron chi connectivity index (χ1n) is 6.10. The number of carbonyl (C=O) groups excluding carboxylic acids is 2. The molecule has 0 aliphatic heterocycles. The Morgan fingerprint density at radius 1 is 1.45 bits per heavy atom. The number of rotatable bonds is 4. The van der Waals surface area contributed by atoms with Crippen LogP contribution in [0, 0.1) is 5.82 Å². The lowest BCUT2D eigenvalue weighted by atomic mass is 10.0. The summed E-state index contributed by atoms with van der Waals surface area (Å²) in [7, 11) is 0. The molecule has 1 N–H and O–H groups in total. The third-order valence-electron chi connectivity index (χ3n) is 2.31. The van der Waals surface area contributed by atoms with Gasteiger partial charge < -0.3 is 14.8 Å². The van der Waals surface area contributed by atoms with Gasteiger partial charge in [0.1, 0.15) is 17.7 Å². The highest BCUT2D eigenvalue weighted by Gasteiger charge is 2.21. The highest BCUT2D eigenvalue weighted by atomic mass is 79.9. The number of alkyl carbamates (subject to hydrolysis) is 1. The van der Waals surface area contributed by atoms with Crippen molar-refractivity contribution in [2.75, 3.05) is 0 Å². The number of aldehydes is 1. The molecule has 0 spiro atoms. The Balaban J connectivity index is 2.88. The molecule has 0 aromatic heterocycles. The van der Waals surface area contributed by atoms with E-state index in [1.165, 1.54) is 12.1 Å². The van der Waals surface area contributed by atoms with E-state index in [4.69, 9.17) is 4.74 Å². The van der Waals surface area contributed by atoms with Gasteiger partial charge in [-0.15, -0.1) is 0 Å². The summed E-state index contributed by atoms with van der Waals surface area (Å²) in [6, 6.07) is 3.59. The molecule has 0 heterocycles. The van der Waals surface area contributed by atoms with Crippen molar-refractivity contribution in [3.8, 4) is 0 Å². The number of halogens is 2. The molecule has 1 amide bonds. The second-order valence-electron chi connectivity index (χ2n) is 5.30. The van der Waals surface area contributed by atoms with Crippen LogP contribution in [0.4, 0.5) is 9.18 Å². The molecule has 1 atom stereocenters. The minimum Gasteiger partial charge on any atom is -0.444 e. The zero-order valence-corrected chi connectivity index (χ0v) is 13.2. The van der Waals surface area contributed by atoms with E-state index in [9.17, 15) is 14.0 Å². The Bertz CT molecular complexity index is 479. The molecule has 6 heteroatoms. The maximum absolute atomic E-state index is 13.4. The standard InChI is InChI=1S/C14H17BrFNO3/c1-14(2,3)20-13(19)17-12(4-5-18)9-6-10(15)8-11(16)7-9/h5-8,12H,4H2,1-3H3,(H,17,19)/t12-/m0/s1. The summed E-state index contributed by atoms with van der Waals surface area (Å²) in [5, 5.41) is 2.57. The zero-order chi connectivity index (χ0) is 15.3. The maximum atomic E-state index is 13.4. The third-order valence-corrected chi connectivity index (χ3v) is 2.77. The van der Waals surface area contributed by atoms with Crippen molar-refractivity contribution >= 4 is 28.3 Å². The minimum absolute atomic E-state index is 0.0368. The van der Waals surface area contributed by atoms with E-state index in [0.29, 0.717) is 16.3 Å². The minimum atomic E-state index is -0.648. The van der Waals surface area contributed by atoms with Crippen LogP contribution in [0.2, 0.25) is 0 Å². The van der Waals surface area contributed by atoms with Crippen molar-refractivity contribution in [1.82, 2.24) is 5.32 Å². The van der Waals surface area contributed by atoms with Gasteiger partial charge in [0.15, 0.2) is 0 Å². The van der Waals surface area contributed by atoms with E-state index in [-0.39, 0.29) is 6.42 Å². The number of ether oxygens (including phenoxy) is 1. The average Bonchev–Trinajstić information content (AvgIpc) is 2.24. The van der Waals surface area contributed by atoms with Crippen LogP contribution in [0.1, 0.15) is 38.8 Å². The Morgan fingerprint density at radius 2 is 2.10 bits per heavy atom.